The molecule has 1 atom stereocenters. The van der Waals surface area contributed by atoms with Crippen molar-refractivity contribution in [2.75, 3.05) is 0 Å². The Kier molecular flexibility index (Phi) is 3.48. The molecule has 16 heavy (non-hydrogen) atoms. The van der Waals surface area contributed by atoms with Gasteiger partial charge in [-0.1, -0.05) is 42.6 Å². The van der Waals surface area contributed by atoms with Crippen LogP contribution < -0.4 is 0 Å². The van der Waals surface area contributed by atoms with Crippen LogP contribution in [0.4, 0.5) is 0 Å². The summed E-state index contributed by atoms with van der Waals surface area (Å²) in [6.07, 6.45) is 3.76. The van der Waals surface area contributed by atoms with Gasteiger partial charge in [-0.3, -0.25) is 0 Å². The Hall–Kier alpha value is -0.240. The summed E-state index contributed by atoms with van der Waals surface area (Å²) in [6, 6.07) is 5.72. The molecule has 0 aromatic heterocycles. The van der Waals surface area contributed by atoms with Crippen molar-refractivity contribution in [3.63, 3.8) is 0 Å². The molecule has 0 saturated heterocycles. The maximum Gasteiger partial charge on any atom is 0.0634 e. The molecule has 0 amide bonds. The Morgan fingerprint density at radius 2 is 2.00 bits per heavy atom. The van der Waals surface area contributed by atoms with Crippen LogP contribution in [0.1, 0.15) is 38.2 Å². The number of benzene rings is 1. The smallest absolute Gasteiger partial charge is 0.0634 e. The molecule has 3 heteroatoms. The van der Waals surface area contributed by atoms with Gasteiger partial charge < -0.3 is 5.11 Å². The van der Waals surface area contributed by atoms with Crippen molar-refractivity contribution in [1.82, 2.24) is 0 Å². The maximum atomic E-state index is 10.2. The Balaban J connectivity index is 2.37. The van der Waals surface area contributed by atoms with E-state index in [4.69, 9.17) is 23.2 Å². The van der Waals surface area contributed by atoms with Gasteiger partial charge in [0.25, 0.3) is 0 Å². The average Bonchev–Trinajstić information content (AvgIpc) is 2.21. The first kappa shape index (κ1) is 12.2. The van der Waals surface area contributed by atoms with Crippen molar-refractivity contribution in [2.45, 2.75) is 44.1 Å². The Bertz CT molecular complexity index is 386. The zero-order valence-electron chi connectivity index (χ0n) is 9.34. The van der Waals surface area contributed by atoms with Crippen molar-refractivity contribution in [2.24, 2.45) is 0 Å². The van der Waals surface area contributed by atoms with Crippen molar-refractivity contribution in [3.8, 4) is 0 Å². The molecule has 1 aliphatic rings. The van der Waals surface area contributed by atoms with E-state index in [-0.39, 0.29) is 11.5 Å². The number of halogens is 2. The zero-order chi connectivity index (χ0) is 11.8. The molecule has 0 spiro atoms. The first-order chi connectivity index (χ1) is 7.60. The van der Waals surface area contributed by atoms with Gasteiger partial charge in [0, 0.05) is 5.41 Å². The highest BCUT2D eigenvalue weighted by molar-refractivity contribution is 6.42. The molecule has 1 fully saturated rings. The van der Waals surface area contributed by atoms with Gasteiger partial charge in [0.1, 0.15) is 0 Å². The van der Waals surface area contributed by atoms with Gasteiger partial charge in [-0.05, 0) is 37.0 Å². The second-order valence-corrected chi connectivity index (χ2v) is 5.38. The molecule has 1 aliphatic carbocycles. The summed E-state index contributed by atoms with van der Waals surface area (Å²) in [6.45, 7) is 2.02. The van der Waals surface area contributed by atoms with Crippen LogP contribution in [0.25, 0.3) is 0 Å². The summed E-state index contributed by atoms with van der Waals surface area (Å²) in [5.74, 6) is 0. The van der Waals surface area contributed by atoms with Gasteiger partial charge in [-0.25, -0.2) is 0 Å². The van der Waals surface area contributed by atoms with E-state index in [0.717, 1.165) is 24.8 Å². The maximum absolute atomic E-state index is 10.2. The van der Waals surface area contributed by atoms with E-state index in [1.165, 1.54) is 6.42 Å². The van der Waals surface area contributed by atoms with E-state index in [0.29, 0.717) is 10.0 Å². The SMILES string of the molecule is CCC(O)C1(c2ccc(Cl)c(Cl)c2)CCC1. The molecule has 0 aliphatic heterocycles. The Labute approximate surface area is 106 Å². The lowest BCUT2D eigenvalue weighted by atomic mass is 9.60. The van der Waals surface area contributed by atoms with Crippen LogP contribution >= 0.6 is 23.2 Å². The number of rotatable bonds is 3. The molecular weight excluding hydrogens is 243 g/mol. The standard InChI is InChI=1S/C13H16Cl2O/c1-2-12(16)13(6-3-7-13)9-4-5-10(14)11(15)8-9/h4-5,8,12,16H,2-3,6-7H2,1H3. The lowest BCUT2D eigenvalue weighted by molar-refractivity contribution is 0.0257. The van der Waals surface area contributed by atoms with Crippen molar-refractivity contribution in [3.05, 3.63) is 33.8 Å². The molecule has 0 radical (unpaired) electrons. The monoisotopic (exact) mass is 258 g/mol. The molecule has 0 heterocycles. The van der Waals surface area contributed by atoms with E-state index < -0.39 is 0 Å². The zero-order valence-corrected chi connectivity index (χ0v) is 10.9. The highest BCUT2D eigenvalue weighted by atomic mass is 35.5. The van der Waals surface area contributed by atoms with Crippen molar-refractivity contribution < 1.29 is 5.11 Å². The third kappa shape index (κ3) is 1.85. The third-order valence-electron chi connectivity index (χ3n) is 3.76. The van der Waals surface area contributed by atoms with Gasteiger partial charge in [-0.15, -0.1) is 0 Å². The van der Waals surface area contributed by atoms with Crippen LogP contribution in [0.2, 0.25) is 10.0 Å². The van der Waals surface area contributed by atoms with Gasteiger partial charge in [0.05, 0.1) is 16.1 Å². The summed E-state index contributed by atoms with van der Waals surface area (Å²) in [5.41, 5.74) is 1.05. The minimum atomic E-state index is -0.279. The van der Waals surface area contributed by atoms with Crippen LogP contribution in [0.3, 0.4) is 0 Å². The summed E-state index contributed by atoms with van der Waals surface area (Å²) in [7, 11) is 0. The number of hydrogen-bond donors (Lipinski definition) is 1. The Morgan fingerprint density at radius 1 is 1.31 bits per heavy atom. The topological polar surface area (TPSA) is 20.2 Å². The number of hydrogen-bond acceptors (Lipinski definition) is 1. The van der Waals surface area contributed by atoms with Crippen LogP contribution in [-0.4, -0.2) is 11.2 Å². The molecular formula is C13H16Cl2O. The van der Waals surface area contributed by atoms with E-state index in [1.807, 2.05) is 25.1 Å². The first-order valence-electron chi connectivity index (χ1n) is 5.74. The highest BCUT2D eigenvalue weighted by Gasteiger charge is 2.44. The summed E-state index contributed by atoms with van der Waals surface area (Å²) in [5, 5.41) is 11.3. The molecule has 1 nitrogen and oxygen atoms in total. The van der Waals surface area contributed by atoms with E-state index in [9.17, 15) is 5.11 Å². The molecule has 1 unspecified atom stereocenters. The number of aliphatic hydroxyl groups excluding tert-OH is 1. The molecule has 88 valence electrons. The fraction of sp³-hybridized carbons (Fsp3) is 0.538. The third-order valence-corrected chi connectivity index (χ3v) is 4.50. The molecule has 1 aromatic rings. The summed E-state index contributed by atoms with van der Waals surface area (Å²) < 4.78 is 0. The van der Waals surface area contributed by atoms with Gasteiger partial charge in [0.15, 0.2) is 0 Å². The second-order valence-electron chi connectivity index (χ2n) is 4.56. The van der Waals surface area contributed by atoms with Gasteiger partial charge >= 0.3 is 0 Å². The van der Waals surface area contributed by atoms with E-state index in [1.54, 1.807) is 0 Å². The fourth-order valence-corrected chi connectivity index (χ4v) is 2.87. The molecule has 1 aromatic carbocycles. The van der Waals surface area contributed by atoms with E-state index in [2.05, 4.69) is 0 Å². The normalized spacial score (nSPS) is 20.2. The first-order valence-corrected chi connectivity index (χ1v) is 6.49. The highest BCUT2D eigenvalue weighted by Crippen LogP contribution is 2.48. The fourth-order valence-electron chi connectivity index (χ4n) is 2.57. The minimum absolute atomic E-state index is 0.0804. The lowest BCUT2D eigenvalue weighted by Crippen LogP contribution is -2.45. The lowest BCUT2D eigenvalue weighted by Gasteiger charge is -2.46. The summed E-state index contributed by atoms with van der Waals surface area (Å²) >= 11 is 11.9. The molecule has 2 rings (SSSR count). The van der Waals surface area contributed by atoms with Crippen molar-refractivity contribution >= 4 is 23.2 Å². The molecule has 0 bridgehead atoms. The Morgan fingerprint density at radius 3 is 2.44 bits per heavy atom. The van der Waals surface area contributed by atoms with Crippen molar-refractivity contribution in [1.29, 1.82) is 0 Å². The van der Waals surface area contributed by atoms with Crippen LogP contribution in [-0.2, 0) is 5.41 Å². The van der Waals surface area contributed by atoms with Crippen LogP contribution in [0.15, 0.2) is 18.2 Å². The molecule has 1 saturated carbocycles. The predicted octanol–water partition coefficient (Wildman–Crippen LogP) is 4.19. The van der Waals surface area contributed by atoms with Crippen LogP contribution in [0.5, 0.6) is 0 Å². The van der Waals surface area contributed by atoms with Gasteiger partial charge in [0.2, 0.25) is 0 Å². The largest absolute Gasteiger partial charge is 0.392 e. The van der Waals surface area contributed by atoms with Gasteiger partial charge in [-0.2, -0.15) is 0 Å². The molecule has 1 N–H and O–H groups in total. The predicted molar refractivity (Wildman–Crippen MR) is 68.3 cm³/mol. The average molecular weight is 259 g/mol. The second kappa shape index (κ2) is 4.56. The summed E-state index contributed by atoms with van der Waals surface area (Å²) in [4.78, 5) is 0. The number of aliphatic hydroxyl groups is 1. The van der Waals surface area contributed by atoms with E-state index >= 15 is 0 Å². The minimum Gasteiger partial charge on any atom is -0.392 e. The quantitative estimate of drug-likeness (QED) is 0.863. The van der Waals surface area contributed by atoms with Crippen LogP contribution in [0, 0.1) is 0 Å².